The van der Waals surface area contributed by atoms with E-state index >= 15 is 0 Å². The quantitative estimate of drug-likeness (QED) is 0.765. The number of aliphatic carboxylic acids is 1. The largest absolute Gasteiger partial charge is 0.497 e. The summed E-state index contributed by atoms with van der Waals surface area (Å²) in [5.74, 6) is -1.01. The molecule has 1 rings (SSSR count). The normalized spacial score (nSPS) is 14.7. The van der Waals surface area contributed by atoms with Gasteiger partial charge in [0.2, 0.25) is 5.91 Å². The summed E-state index contributed by atoms with van der Waals surface area (Å²) in [6.45, 7) is 3.54. The number of amides is 1. The Hall–Kier alpha value is -2.08. The van der Waals surface area contributed by atoms with Gasteiger partial charge in [0.25, 0.3) is 0 Å². The van der Waals surface area contributed by atoms with Gasteiger partial charge in [0.05, 0.1) is 31.6 Å². The molecule has 0 saturated carbocycles. The monoisotopic (exact) mass is 309 g/mol. The van der Waals surface area contributed by atoms with Crippen molar-refractivity contribution in [2.45, 2.75) is 31.7 Å². The molecule has 6 heteroatoms. The van der Waals surface area contributed by atoms with Gasteiger partial charge in [0, 0.05) is 7.11 Å². The highest BCUT2D eigenvalue weighted by molar-refractivity contribution is 5.84. The molecule has 1 aromatic rings. The van der Waals surface area contributed by atoms with Crippen LogP contribution in [0.25, 0.3) is 0 Å². The van der Waals surface area contributed by atoms with Crippen LogP contribution in [-0.2, 0) is 14.3 Å². The highest BCUT2D eigenvalue weighted by Gasteiger charge is 2.31. The fourth-order valence-corrected chi connectivity index (χ4v) is 2.25. The van der Waals surface area contributed by atoms with Gasteiger partial charge in [-0.2, -0.15) is 0 Å². The molecule has 0 saturated heterocycles. The lowest BCUT2D eigenvalue weighted by Gasteiger charge is -2.30. The summed E-state index contributed by atoms with van der Waals surface area (Å²) in [5, 5.41) is 11.8. The van der Waals surface area contributed by atoms with Crippen LogP contribution < -0.4 is 10.1 Å². The fraction of sp³-hybridized carbons (Fsp3) is 0.500. The molecule has 2 atom stereocenters. The van der Waals surface area contributed by atoms with Crippen LogP contribution in [0.1, 0.15) is 31.7 Å². The van der Waals surface area contributed by atoms with Crippen molar-refractivity contribution < 1.29 is 24.2 Å². The van der Waals surface area contributed by atoms with E-state index in [1.807, 2.05) is 12.1 Å². The van der Waals surface area contributed by atoms with E-state index in [0.717, 1.165) is 5.56 Å². The van der Waals surface area contributed by atoms with Crippen molar-refractivity contribution in [1.29, 1.82) is 0 Å². The van der Waals surface area contributed by atoms with Crippen LogP contribution in [0.5, 0.6) is 5.75 Å². The Morgan fingerprint density at radius 2 is 2.05 bits per heavy atom. The third-order valence-corrected chi connectivity index (χ3v) is 3.42. The maximum Gasteiger partial charge on any atom is 0.305 e. The van der Waals surface area contributed by atoms with E-state index in [2.05, 4.69) is 5.32 Å². The smallest absolute Gasteiger partial charge is 0.305 e. The highest BCUT2D eigenvalue weighted by atomic mass is 16.5. The van der Waals surface area contributed by atoms with Crippen molar-refractivity contribution in [3.8, 4) is 5.75 Å². The standard InChI is InChI=1S/C16H23NO5/c1-11(12-6-5-7-13(8-12)22-4)15(20)17-16(2,10-21-3)9-14(18)19/h5-8,11H,9-10H2,1-4H3,(H,17,20)(H,18,19). The third kappa shape index (κ3) is 5.04. The zero-order chi connectivity index (χ0) is 16.8. The lowest BCUT2D eigenvalue weighted by Crippen LogP contribution is -2.51. The van der Waals surface area contributed by atoms with Crippen LogP contribution in [0.15, 0.2) is 24.3 Å². The van der Waals surface area contributed by atoms with Gasteiger partial charge in [-0.25, -0.2) is 0 Å². The number of carbonyl (C=O) groups is 2. The Morgan fingerprint density at radius 3 is 2.59 bits per heavy atom. The molecule has 0 aromatic heterocycles. The van der Waals surface area contributed by atoms with Crippen molar-refractivity contribution in [3.63, 3.8) is 0 Å². The minimum absolute atomic E-state index is 0.121. The number of hydrogen-bond acceptors (Lipinski definition) is 4. The van der Waals surface area contributed by atoms with E-state index in [0.29, 0.717) is 5.75 Å². The van der Waals surface area contributed by atoms with Crippen LogP contribution in [0.2, 0.25) is 0 Å². The zero-order valence-electron chi connectivity index (χ0n) is 13.4. The third-order valence-electron chi connectivity index (χ3n) is 3.42. The second kappa shape index (κ2) is 7.79. The molecule has 22 heavy (non-hydrogen) atoms. The summed E-state index contributed by atoms with van der Waals surface area (Å²) in [4.78, 5) is 23.4. The van der Waals surface area contributed by atoms with E-state index in [1.54, 1.807) is 33.1 Å². The molecule has 1 aromatic carbocycles. The maximum atomic E-state index is 12.4. The van der Waals surface area contributed by atoms with Crippen molar-refractivity contribution in [2.24, 2.45) is 0 Å². The summed E-state index contributed by atoms with van der Waals surface area (Å²) in [6, 6.07) is 7.23. The number of benzene rings is 1. The average molecular weight is 309 g/mol. The molecule has 0 aliphatic rings. The van der Waals surface area contributed by atoms with Gasteiger partial charge >= 0.3 is 5.97 Å². The topological polar surface area (TPSA) is 84.9 Å². The molecule has 6 nitrogen and oxygen atoms in total. The number of carboxylic acid groups (broad SMARTS) is 1. The van der Waals surface area contributed by atoms with Crippen molar-refractivity contribution in [2.75, 3.05) is 20.8 Å². The highest BCUT2D eigenvalue weighted by Crippen LogP contribution is 2.22. The lowest BCUT2D eigenvalue weighted by atomic mass is 9.95. The summed E-state index contributed by atoms with van der Waals surface area (Å²) < 4.78 is 10.2. The van der Waals surface area contributed by atoms with E-state index in [-0.39, 0.29) is 18.9 Å². The SMILES string of the molecule is COCC(C)(CC(=O)O)NC(=O)C(C)c1cccc(OC)c1. The number of hydrogen-bond donors (Lipinski definition) is 2. The van der Waals surface area contributed by atoms with Crippen LogP contribution in [0.3, 0.4) is 0 Å². The number of rotatable bonds is 8. The first-order valence-electron chi connectivity index (χ1n) is 6.98. The van der Waals surface area contributed by atoms with E-state index in [9.17, 15) is 9.59 Å². The van der Waals surface area contributed by atoms with Crippen molar-refractivity contribution in [1.82, 2.24) is 5.32 Å². The molecule has 122 valence electrons. The number of carboxylic acids is 1. The Bertz CT molecular complexity index is 531. The predicted octanol–water partition coefficient (Wildman–Crippen LogP) is 1.79. The number of carbonyl (C=O) groups excluding carboxylic acids is 1. The van der Waals surface area contributed by atoms with Crippen molar-refractivity contribution in [3.05, 3.63) is 29.8 Å². The van der Waals surface area contributed by atoms with Crippen LogP contribution in [-0.4, -0.2) is 43.3 Å². The first kappa shape index (κ1) is 18.0. The van der Waals surface area contributed by atoms with Gasteiger partial charge in [-0.1, -0.05) is 12.1 Å². The van der Waals surface area contributed by atoms with Crippen LogP contribution in [0.4, 0.5) is 0 Å². The van der Waals surface area contributed by atoms with Crippen molar-refractivity contribution >= 4 is 11.9 Å². The number of methoxy groups -OCH3 is 2. The molecule has 0 bridgehead atoms. The summed E-state index contributed by atoms with van der Waals surface area (Å²) >= 11 is 0. The Kier molecular flexibility index (Phi) is 6.37. The van der Waals surface area contributed by atoms with Gasteiger partial charge in [-0.05, 0) is 31.5 Å². The molecule has 0 spiro atoms. The molecule has 0 aliphatic heterocycles. The second-order valence-corrected chi connectivity index (χ2v) is 5.55. The Labute approximate surface area is 130 Å². The zero-order valence-corrected chi connectivity index (χ0v) is 13.4. The minimum atomic E-state index is -0.992. The minimum Gasteiger partial charge on any atom is -0.497 e. The molecular weight excluding hydrogens is 286 g/mol. The summed E-state index contributed by atoms with van der Waals surface area (Å²) in [5.41, 5.74) is -0.155. The fourth-order valence-electron chi connectivity index (χ4n) is 2.25. The molecule has 0 radical (unpaired) electrons. The molecule has 2 unspecified atom stereocenters. The molecule has 1 amide bonds. The first-order valence-corrected chi connectivity index (χ1v) is 6.98. The Balaban J connectivity index is 2.86. The van der Waals surface area contributed by atoms with E-state index in [1.165, 1.54) is 7.11 Å². The van der Waals surface area contributed by atoms with E-state index in [4.69, 9.17) is 14.6 Å². The van der Waals surface area contributed by atoms with Gasteiger partial charge in [0.1, 0.15) is 5.75 Å². The maximum absolute atomic E-state index is 12.4. The van der Waals surface area contributed by atoms with Crippen LogP contribution in [0, 0.1) is 0 Å². The van der Waals surface area contributed by atoms with Gasteiger partial charge in [-0.3, -0.25) is 9.59 Å². The predicted molar refractivity (Wildman–Crippen MR) is 82.1 cm³/mol. The molecule has 2 N–H and O–H groups in total. The van der Waals surface area contributed by atoms with Gasteiger partial charge in [0.15, 0.2) is 0 Å². The van der Waals surface area contributed by atoms with Gasteiger partial charge in [-0.15, -0.1) is 0 Å². The lowest BCUT2D eigenvalue weighted by molar-refractivity contribution is -0.139. The first-order chi connectivity index (χ1) is 10.3. The molecule has 0 heterocycles. The second-order valence-electron chi connectivity index (χ2n) is 5.55. The van der Waals surface area contributed by atoms with Gasteiger partial charge < -0.3 is 19.9 Å². The summed E-state index contributed by atoms with van der Waals surface area (Å²) in [6.07, 6.45) is -0.211. The molecule has 0 aliphatic carbocycles. The Morgan fingerprint density at radius 1 is 1.36 bits per heavy atom. The van der Waals surface area contributed by atoms with E-state index < -0.39 is 17.4 Å². The molecule has 0 fully saturated rings. The average Bonchev–Trinajstić information content (AvgIpc) is 2.45. The number of nitrogens with one attached hydrogen (secondary N) is 1. The van der Waals surface area contributed by atoms with Crippen LogP contribution >= 0.6 is 0 Å². The summed E-state index contributed by atoms with van der Waals surface area (Å²) in [7, 11) is 3.03. The number of ether oxygens (including phenoxy) is 2. The molecular formula is C16H23NO5.